The van der Waals surface area contributed by atoms with Gasteiger partial charge in [-0.1, -0.05) is 6.07 Å². The lowest BCUT2D eigenvalue weighted by atomic mass is 10.1. The molecule has 0 saturated heterocycles. The van der Waals surface area contributed by atoms with Crippen molar-refractivity contribution in [2.45, 2.75) is 13.8 Å². The Bertz CT molecular complexity index is 628. The lowest BCUT2D eigenvalue weighted by molar-refractivity contribution is -0.123. The number of benzene rings is 1. The van der Waals surface area contributed by atoms with Crippen molar-refractivity contribution in [3.63, 3.8) is 0 Å². The number of ether oxygens (including phenoxy) is 1. The van der Waals surface area contributed by atoms with E-state index in [-0.39, 0.29) is 12.5 Å². The predicted octanol–water partition coefficient (Wildman–Crippen LogP) is 3.19. The van der Waals surface area contributed by atoms with Gasteiger partial charge in [0.15, 0.2) is 6.61 Å². The van der Waals surface area contributed by atoms with Crippen LogP contribution in [0.15, 0.2) is 44.5 Å². The molecule has 6 heteroatoms. The van der Waals surface area contributed by atoms with Crippen molar-refractivity contribution in [3.8, 4) is 5.75 Å². The minimum Gasteiger partial charge on any atom is -0.482 e. The number of rotatable bonds is 5. The largest absolute Gasteiger partial charge is 0.482 e. The van der Waals surface area contributed by atoms with Crippen molar-refractivity contribution in [2.75, 3.05) is 6.61 Å². The maximum atomic E-state index is 11.6. The topological polar surface area (TPSA) is 63.8 Å². The SMILES string of the molecule is Cc1cc(C)c(OCC(=O)NN=Cc2ccco2)c(Br)c1. The normalized spacial score (nSPS) is 10.8. The van der Waals surface area contributed by atoms with Gasteiger partial charge in [0.1, 0.15) is 11.5 Å². The molecule has 0 bridgehead atoms. The third-order valence-electron chi connectivity index (χ3n) is 2.65. The second kappa shape index (κ2) is 7.08. The number of nitrogens with zero attached hydrogens (tertiary/aromatic N) is 1. The summed E-state index contributed by atoms with van der Waals surface area (Å²) in [6.45, 7) is 3.82. The highest BCUT2D eigenvalue weighted by Gasteiger charge is 2.08. The van der Waals surface area contributed by atoms with Crippen molar-refractivity contribution in [3.05, 3.63) is 51.9 Å². The molecule has 0 aliphatic heterocycles. The highest BCUT2D eigenvalue weighted by molar-refractivity contribution is 9.10. The van der Waals surface area contributed by atoms with E-state index in [2.05, 4.69) is 26.5 Å². The van der Waals surface area contributed by atoms with Crippen molar-refractivity contribution >= 4 is 28.1 Å². The van der Waals surface area contributed by atoms with Gasteiger partial charge in [-0.25, -0.2) is 5.43 Å². The molecule has 1 N–H and O–H groups in total. The monoisotopic (exact) mass is 350 g/mol. The van der Waals surface area contributed by atoms with Gasteiger partial charge >= 0.3 is 0 Å². The minimum absolute atomic E-state index is 0.113. The minimum atomic E-state index is -0.343. The quantitative estimate of drug-likeness (QED) is 0.665. The molecule has 0 atom stereocenters. The van der Waals surface area contributed by atoms with Crippen molar-refractivity contribution in [1.82, 2.24) is 5.43 Å². The molecule has 0 radical (unpaired) electrons. The molecule has 0 fully saturated rings. The van der Waals surface area contributed by atoms with Crippen LogP contribution in [-0.2, 0) is 4.79 Å². The summed E-state index contributed by atoms with van der Waals surface area (Å²) in [6.07, 6.45) is 2.95. The first kappa shape index (κ1) is 15.3. The highest BCUT2D eigenvalue weighted by atomic mass is 79.9. The van der Waals surface area contributed by atoms with Crippen LogP contribution in [0.2, 0.25) is 0 Å². The average molecular weight is 351 g/mol. The Labute approximate surface area is 131 Å². The van der Waals surface area contributed by atoms with Crippen LogP contribution in [0.3, 0.4) is 0 Å². The zero-order valence-electron chi connectivity index (χ0n) is 11.7. The molecule has 1 heterocycles. The maximum absolute atomic E-state index is 11.6. The van der Waals surface area contributed by atoms with Gasteiger partial charge in [0.25, 0.3) is 5.91 Å². The molecule has 1 aromatic heterocycles. The molecule has 2 aromatic rings. The fraction of sp³-hybridized carbons (Fsp3) is 0.200. The fourth-order valence-corrected chi connectivity index (χ4v) is 2.58. The van der Waals surface area contributed by atoms with Crippen LogP contribution in [-0.4, -0.2) is 18.7 Å². The number of aryl methyl sites for hydroxylation is 2. The molecule has 0 spiro atoms. The van der Waals surface area contributed by atoms with Crippen molar-refractivity contribution < 1.29 is 13.9 Å². The van der Waals surface area contributed by atoms with Gasteiger partial charge in [-0.05, 0) is 59.1 Å². The highest BCUT2D eigenvalue weighted by Crippen LogP contribution is 2.29. The van der Waals surface area contributed by atoms with E-state index < -0.39 is 0 Å². The van der Waals surface area contributed by atoms with Crippen LogP contribution < -0.4 is 10.2 Å². The number of halogens is 1. The Hall–Kier alpha value is -2.08. The number of nitrogens with one attached hydrogen (secondary N) is 1. The number of hydrazone groups is 1. The van der Waals surface area contributed by atoms with E-state index in [0.717, 1.165) is 15.6 Å². The summed E-state index contributed by atoms with van der Waals surface area (Å²) in [4.78, 5) is 11.6. The molecule has 0 aliphatic rings. The van der Waals surface area contributed by atoms with Gasteiger partial charge in [-0.2, -0.15) is 5.10 Å². The Morgan fingerprint density at radius 3 is 2.95 bits per heavy atom. The lowest BCUT2D eigenvalue weighted by Crippen LogP contribution is -2.24. The third-order valence-corrected chi connectivity index (χ3v) is 3.23. The van der Waals surface area contributed by atoms with Crippen LogP contribution >= 0.6 is 15.9 Å². The van der Waals surface area contributed by atoms with Crippen LogP contribution in [0.1, 0.15) is 16.9 Å². The molecular formula is C15H15BrN2O3. The average Bonchev–Trinajstić information content (AvgIpc) is 2.90. The zero-order valence-corrected chi connectivity index (χ0v) is 13.3. The van der Waals surface area contributed by atoms with Crippen molar-refractivity contribution in [2.24, 2.45) is 5.10 Å². The third kappa shape index (κ3) is 4.46. The first-order valence-electron chi connectivity index (χ1n) is 6.31. The van der Waals surface area contributed by atoms with Gasteiger partial charge in [-0.15, -0.1) is 0 Å². The summed E-state index contributed by atoms with van der Waals surface area (Å²) in [7, 11) is 0. The Balaban J connectivity index is 1.87. The molecule has 2 rings (SSSR count). The lowest BCUT2D eigenvalue weighted by Gasteiger charge is -2.11. The fourth-order valence-electron chi connectivity index (χ4n) is 1.79. The molecule has 0 aliphatic carbocycles. The number of furan rings is 1. The Morgan fingerprint density at radius 2 is 2.29 bits per heavy atom. The van der Waals surface area contributed by atoms with E-state index in [4.69, 9.17) is 9.15 Å². The summed E-state index contributed by atoms with van der Waals surface area (Å²) in [6, 6.07) is 7.41. The van der Waals surface area contributed by atoms with Gasteiger partial charge in [0.05, 0.1) is 17.0 Å². The summed E-state index contributed by atoms with van der Waals surface area (Å²) in [5.74, 6) is 0.879. The number of carbonyl (C=O) groups is 1. The van der Waals surface area contributed by atoms with E-state index in [1.54, 1.807) is 12.1 Å². The predicted molar refractivity (Wildman–Crippen MR) is 83.6 cm³/mol. The Morgan fingerprint density at radius 1 is 1.48 bits per heavy atom. The summed E-state index contributed by atoms with van der Waals surface area (Å²) < 4.78 is 11.4. The number of hydrogen-bond acceptors (Lipinski definition) is 4. The van der Waals surface area contributed by atoms with Crippen LogP contribution in [0.4, 0.5) is 0 Å². The van der Waals surface area contributed by atoms with Gasteiger partial charge < -0.3 is 9.15 Å². The molecule has 5 nitrogen and oxygen atoms in total. The van der Waals surface area contributed by atoms with E-state index in [9.17, 15) is 4.79 Å². The van der Waals surface area contributed by atoms with E-state index in [1.807, 2.05) is 26.0 Å². The van der Waals surface area contributed by atoms with E-state index in [0.29, 0.717) is 11.5 Å². The number of amides is 1. The first-order valence-corrected chi connectivity index (χ1v) is 7.10. The van der Waals surface area contributed by atoms with E-state index >= 15 is 0 Å². The summed E-state index contributed by atoms with van der Waals surface area (Å²) >= 11 is 3.43. The van der Waals surface area contributed by atoms with E-state index in [1.165, 1.54) is 12.5 Å². The molecular weight excluding hydrogens is 336 g/mol. The van der Waals surface area contributed by atoms with Crippen molar-refractivity contribution in [1.29, 1.82) is 0 Å². The maximum Gasteiger partial charge on any atom is 0.277 e. The molecule has 110 valence electrons. The first-order chi connectivity index (χ1) is 10.1. The second-order valence-corrected chi connectivity index (χ2v) is 5.34. The van der Waals surface area contributed by atoms with Crippen LogP contribution in [0.5, 0.6) is 5.75 Å². The number of hydrogen-bond donors (Lipinski definition) is 1. The number of carbonyl (C=O) groups excluding carboxylic acids is 1. The molecule has 1 aromatic carbocycles. The van der Waals surface area contributed by atoms with Crippen LogP contribution in [0.25, 0.3) is 0 Å². The standard InChI is InChI=1S/C15H15BrN2O3/c1-10-6-11(2)15(13(16)7-10)21-9-14(19)18-17-8-12-4-3-5-20-12/h3-8H,9H2,1-2H3,(H,18,19). The van der Waals surface area contributed by atoms with Gasteiger partial charge in [0.2, 0.25) is 0 Å². The second-order valence-electron chi connectivity index (χ2n) is 4.49. The zero-order chi connectivity index (χ0) is 15.2. The Kier molecular flexibility index (Phi) is 5.16. The molecule has 21 heavy (non-hydrogen) atoms. The molecule has 1 amide bonds. The summed E-state index contributed by atoms with van der Waals surface area (Å²) in [5.41, 5.74) is 4.46. The molecule has 0 unspecified atom stereocenters. The summed E-state index contributed by atoms with van der Waals surface area (Å²) in [5, 5.41) is 3.77. The van der Waals surface area contributed by atoms with Gasteiger partial charge in [-0.3, -0.25) is 4.79 Å². The molecule has 0 saturated carbocycles. The van der Waals surface area contributed by atoms with Crippen LogP contribution in [0, 0.1) is 13.8 Å². The smallest absolute Gasteiger partial charge is 0.277 e. The van der Waals surface area contributed by atoms with Gasteiger partial charge in [0, 0.05) is 0 Å².